The highest BCUT2D eigenvalue weighted by Crippen LogP contribution is 2.29. The van der Waals surface area contributed by atoms with Crippen LogP contribution in [-0.2, 0) is 4.79 Å². The fraction of sp³-hybridized carbons (Fsp3) is 0.929. The van der Waals surface area contributed by atoms with E-state index < -0.39 is 0 Å². The van der Waals surface area contributed by atoms with Crippen molar-refractivity contribution in [3.63, 3.8) is 0 Å². The van der Waals surface area contributed by atoms with Gasteiger partial charge in [0.2, 0.25) is 5.91 Å². The zero-order valence-electron chi connectivity index (χ0n) is 12.2. The third kappa shape index (κ3) is 4.94. The van der Waals surface area contributed by atoms with E-state index in [4.69, 9.17) is 5.73 Å². The van der Waals surface area contributed by atoms with Gasteiger partial charge in [0.1, 0.15) is 0 Å². The lowest BCUT2D eigenvalue weighted by molar-refractivity contribution is -0.123. The van der Waals surface area contributed by atoms with Crippen molar-refractivity contribution in [1.29, 1.82) is 0 Å². The average molecular weight is 255 g/mol. The average Bonchev–Trinajstić information content (AvgIpc) is 2.37. The number of likely N-dealkylation sites (tertiary alicyclic amines) is 1. The maximum atomic E-state index is 11.9. The predicted octanol–water partition coefficient (Wildman–Crippen LogP) is 1.35. The molecule has 0 aromatic carbocycles. The van der Waals surface area contributed by atoms with Crippen LogP contribution >= 0.6 is 0 Å². The van der Waals surface area contributed by atoms with E-state index in [2.05, 4.69) is 31.1 Å². The third-order valence-corrected chi connectivity index (χ3v) is 4.09. The molecule has 0 aliphatic carbocycles. The molecule has 4 heteroatoms. The lowest BCUT2D eigenvalue weighted by Gasteiger charge is -2.38. The summed E-state index contributed by atoms with van der Waals surface area (Å²) in [7, 11) is 2.15. The molecule has 1 unspecified atom stereocenters. The molecule has 0 bridgehead atoms. The first kappa shape index (κ1) is 15.4. The van der Waals surface area contributed by atoms with Crippen molar-refractivity contribution in [2.24, 2.45) is 11.1 Å². The van der Waals surface area contributed by atoms with Gasteiger partial charge in [0.15, 0.2) is 0 Å². The Balaban J connectivity index is 2.29. The molecule has 1 aliphatic rings. The van der Waals surface area contributed by atoms with Gasteiger partial charge in [-0.3, -0.25) is 4.79 Å². The van der Waals surface area contributed by atoms with Gasteiger partial charge in [-0.15, -0.1) is 0 Å². The molecular weight excluding hydrogens is 226 g/mol. The molecule has 106 valence electrons. The Morgan fingerprint density at radius 2 is 2.06 bits per heavy atom. The van der Waals surface area contributed by atoms with E-state index in [0.29, 0.717) is 0 Å². The van der Waals surface area contributed by atoms with Crippen LogP contribution < -0.4 is 11.1 Å². The lowest BCUT2D eigenvalue weighted by Crippen LogP contribution is -2.47. The topological polar surface area (TPSA) is 58.4 Å². The van der Waals surface area contributed by atoms with Crippen LogP contribution in [0, 0.1) is 5.41 Å². The number of piperidine rings is 1. The molecule has 3 N–H and O–H groups in total. The van der Waals surface area contributed by atoms with Crippen molar-refractivity contribution in [2.75, 3.05) is 26.7 Å². The van der Waals surface area contributed by atoms with Gasteiger partial charge in [-0.2, -0.15) is 0 Å². The van der Waals surface area contributed by atoms with Gasteiger partial charge in [0.05, 0.1) is 6.04 Å². The van der Waals surface area contributed by atoms with E-state index in [1.54, 1.807) is 0 Å². The molecule has 0 aromatic heterocycles. The molecule has 0 radical (unpaired) electrons. The summed E-state index contributed by atoms with van der Waals surface area (Å²) in [4.78, 5) is 14.2. The number of hydrogen-bond donors (Lipinski definition) is 2. The molecule has 0 aromatic rings. The van der Waals surface area contributed by atoms with Crippen molar-refractivity contribution in [3.8, 4) is 0 Å². The number of rotatable bonds is 6. The fourth-order valence-corrected chi connectivity index (χ4v) is 2.32. The summed E-state index contributed by atoms with van der Waals surface area (Å²) in [6.07, 6.45) is 5.20. The van der Waals surface area contributed by atoms with Gasteiger partial charge < -0.3 is 16.0 Å². The van der Waals surface area contributed by atoms with Crippen molar-refractivity contribution in [1.82, 2.24) is 10.2 Å². The van der Waals surface area contributed by atoms with Crippen LogP contribution in [0.25, 0.3) is 0 Å². The zero-order valence-corrected chi connectivity index (χ0v) is 12.2. The van der Waals surface area contributed by atoms with E-state index in [1.807, 2.05) is 0 Å². The van der Waals surface area contributed by atoms with Crippen LogP contribution in [0.3, 0.4) is 0 Å². The summed E-state index contributed by atoms with van der Waals surface area (Å²) >= 11 is 0. The minimum atomic E-state index is -0.334. The molecule has 18 heavy (non-hydrogen) atoms. The molecule has 1 saturated heterocycles. The number of nitrogens with two attached hydrogens (primary N) is 1. The molecule has 4 nitrogen and oxygen atoms in total. The maximum absolute atomic E-state index is 11.9. The molecule has 1 aliphatic heterocycles. The van der Waals surface area contributed by atoms with Crippen LogP contribution in [0.5, 0.6) is 0 Å². The van der Waals surface area contributed by atoms with Crippen molar-refractivity contribution in [3.05, 3.63) is 0 Å². The highest BCUT2D eigenvalue weighted by molar-refractivity contribution is 5.81. The van der Waals surface area contributed by atoms with Crippen molar-refractivity contribution in [2.45, 2.75) is 52.0 Å². The highest BCUT2D eigenvalue weighted by Gasteiger charge is 2.29. The monoisotopic (exact) mass is 255 g/mol. The van der Waals surface area contributed by atoms with E-state index >= 15 is 0 Å². The minimum Gasteiger partial charge on any atom is -0.354 e. The second-order valence-corrected chi connectivity index (χ2v) is 6.08. The third-order valence-electron chi connectivity index (χ3n) is 4.09. The molecule has 1 amide bonds. The molecule has 1 fully saturated rings. The Labute approximate surface area is 111 Å². The van der Waals surface area contributed by atoms with Gasteiger partial charge in [-0.05, 0) is 44.8 Å². The summed E-state index contributed by atoms with van der Waals surface area (Å²) in [6, 6.07) is -0.334. The van der Waals surface area contributed by atoms with Gasteiger partial charge in [0, 0.05) is 6.54 Å². The van der Waals surface area contributed by atoms with Gasteiger partial charge in [-0.1, -0.05) is 26.7 Å². The summed E-state index contributed by atoms with van der Waals surface area (Å²) in [5.74, 6) is 0.0172. The van der Waals surface area contributed by atoms with Crippen LogP contribution in [-0.4, -0.2) is 43.5 Å². The van der Waals surface area contributed by atoms with Crippen LogP contribution in [0.1, 0.15) is 46.0 Å². The minimum absolute atomic E-state index is 0.0172. The Bertz CT molecular complexity index is 260. The summed E-state index contributed by atoms with van der Waals surface area (Å²) in [5.41, 5.74) is 6.11. The van der Waals surface area contributed by atoms with Gasteiger partial charge in [-0.25, -0.2) is 0 Å². The molecule has 1 atom stereocenters. The zero-order chi connectivity index (χ0) is 13.6. The normalized spacial score (nSPS) is 21.6. The van der Waals surface area contributed by atoms with Crippen LogP contribution in [0.15, 0.2) is 0 Å². The highest BCUT2D eigenvalue weighted by atomic mass is 16.2. The van der Waals surface area contributed by atoms with E-state index in [1.165, 1.54) is 0 Å². The first-order chi connectivity index (χ1) is 8.47. The second kappa shape index (κ2) is 7.10. The lowest BCUT2D eigenvalue weighted by atomic mass is 9.80. The van der Waals surface area contributed by atoms with Crippen LogP contribution in [0.2, 0.25) is 0 Å². The molecule has 0 saturated carbocycles. The second-order valence-electron chi connectivity index (χ2n) is 6.08. The number of nitrogens with zero attached hydrogens (tertiary/aromatic N) is 1. The number of hydrogen-bond acceptors (Lipinski definition) is 3. The summed E-state index contributed by atoms with van der Waals surface area (Å²) in [6.45, 7) is 7.38. The van der Waals surface area contributed by atoms with Gasteiger partial charge in [0.25, 0.3) is 0 Å². The van der Waals surface area contributed by atoms with Crippen molar-refractivity contribution >= 4 is 5.91 Å². The Morgan fingerprint density at radius 3 is 2.61 bits per heavy atom. The molecule has 1 rings (SSSR count). The van der Waals surface area contributed by atoms with E-state index in [0.717, 1.165) is 51.7 Å². The first-order valence-corrected chi connectivity index (χ1v) is 7.19. The van der Waals surface area contributed by atoms with Crippen LogP contribution in [0.4, 0.5) is 0 Å². The van der Waals surface area contributed by atoms with Crippen molar-refractivity contribution < 1.29 is 4.79 Å². The summed E-state index contributed by atoms with van der Waals surface area (Å²) in [5, 5.41) is 3.03. The standard InChI is InChI=1S/C14H29N3O/c1-4-5-6-12(15)13(18)16-11-14(2)7-9-17(3)10-8-14/h12H,4-11,15H2,1-3H3,(H,16,18). The maximum Gasteiger partial charge on any atom is 0.236 e. The molecular formula is C14H29N3O. The SMILES string of the molecule is CCCCC(N)C(=O)NCC1(C)CCN(C)CC1. The molecule has 0 spiro atoms. The van der Waals surface area contributed by atoms with E-state index in [9.17, 15) is 4.79 Å². The van der Waals surface area contributed by atoms with E-state index in [-0.39, 0.29) is 17.4 Å². The van der Waals surface area contributed by atoms with Gasteiger partial charge >= 0.3 is 0 Å². The number of nitrogens with one attached hydrogen (secondary N) is 1. The quantitative estimate of drug-likeness (QED) is 0.753. The Kier molecular flexibility index (Phi) is 6.09. The fourth-order valence-electron chi connectivity index (χ4n) is 2.32. The molecule has 1 heterocycles. The smallest absolute Gasteiger partial charge is 0.236 e. The number of carbonyl (C=O) groups excluding carboxylic acids is 1. The number of amides is 1. The Morgan fingerprint density at radius 1 is 1.44 bits per heavy atom. The largest absolute Gasteiger partial charge is 0.354 e. The summed E-state index contributed by atoms with van der Waals surface area (Å²) < 4.78 is 0. The predicted molar refractivity (Wildman–Crippen MR) is 75.3 cm³/mol. The first-order valence-electron chi connectivity index (χ1n) is 7.19. The number of carbonyl (C=O) groups is 1. The Hall–Kier alpha value is -0.610. The number of unbranched alkanes of at least 4 members (excludes halogenated alkanes) is 1.